The molecule has 0 aliphatic carbocycles. The van der Waals surface area contributed by atoms with Crippen molar-refractivity contribution in [2.24, 2.45) is 0 Å². The molecule has 1 fully saturated rings. The van der Waals surface area contributed by atoms with Gasteiger partial charge in [-0.25, -0.2) is 0 Å². The minimum absolute atomic E-state index is 0.371. The lowest BCUT2D eigenvalue weighted by molar-refractivity contribution is 0.00578. The summed E-state index contributed by atoms with van der Waals surface area (Å²) in [6.45, 7) is 8.52. The quantitative estimate of drug-likeness (QED) is 0.212. The van der Waals surface area contributed by atoms with Gasteiger partial charge in [0.15, 0.2) is 0 Å². The first-order valence-electron chi connectivity index (χ1n) is 11.6. The van der Waals surface area contributed by atoms with Crippen LogP contribution < -0.4 is 5.46 Å². The number of hydrogen-bond donors (Lipinski definition) is 0. The van der Waals surface area contributed by atoms with Gasteiger partial charge in [-0.3, -0.25) is 0 Å². The number of thiophene rings is 2. The highest BCUT2D eigenvalue weighted by Gasteiger charge is 2.52. The predicted molar refractivity (Wildman–Crippen MR) is 152 cm³/mol. The molecule has 8 rings (SSSR count). The summed E-state index contributed by atoms with van der Waals surface area (Å²) in [6, 6.07) is 20.3. The normalized spacial score (nSPS) is 18.2. The van der Waals surface area contributed by atoms with Gasteiger partial charge in [-0.05, 0) is 62.7 Å². The number of fused-ring (bicyclic) bond motifs is 2. The summed E-state index contributed by atoms with van der Waals surface area (Å²) < 4.78 is 21.2. The fraction of sp³-hybridized carbons (Fsp3) is 0.214. The maximum Gasteiger partial charge on any atom is 0.496 e. The highest BCUT2D eigenvalue weighted by atomic mass is 32.1. The molecule has 1 saturated heterocycles. The smallest absolute Gasteiger partial charge is 0.399 e. The third kappa shape index (κ3) is 2.38. The van der Waals surface area contributed by atoms with Crippen molar-refractivity contribution in [3.63, 3.8) is 0 Å². The standard InChI is InChI=1S/C28H21BO2S3/c1-27(2)28(3,4)31-29(30-27)16-9-10-19-23-21-17(32-19)11-12-18-22(21)24-20(33-18)13-14-7-5-6-8-15(14)25(24)34-26(16)23/h5-13H,1-4H3. The third-order valence-electron chi connectivity index (χ3n) is 7.90. The minimum atomic E-state index is -0.383. The van der Waals surface area contributed by atoms with Gasteiger partial charge in [-0.1, -0.05) is 30.3 Å². The molecule has 6 heteroatoms. The lowest BCUT2D eigenvalue weighted by Crippen LogP contribution is -2.41. The number of rotatable bonds is 1. The van der Waals surface area contributed by atoms with Gasteiger partial charge in [0.1, 0.15) is 0 Å². The van der Waals surface area contributed by atoms with E-state index in [0.717, 1.165) is 5.46 Å². The molecule has 7 aromatic rings. The van der Waals surface area contributed by atoms with E-state index in [4.69, 9.17) is 9.31 Å². The van der Waals surface area contributed by atoms with E-state index < -0.39 is 0 Å². The van der Waals surface area contributed by atoms with Crippen molar-refractivity contribution in [1.82, 2.24) is 0 Å². The third-order valence-corrected chi connectivity index (χ3v) is 11.4. The molecule has 2 nitrogen and oxygen atoms in total. The zero-order chi connectivity index (χ0) is 23.0. The van der Waals surface area contributed by atoms with Crippen molar-refractivity contribution in [1.29, 1.82) is 0 Å². The first-order valence-corrected chi connectivity index (χ1v) is 14.1. The summed E-state index contributed by atoms with van der Waals surface area (Å²) >= 11 is 5.73. The molecule has 0 unspecified atom stereocenters. The van der Waals surface area contributed by atoms with Gasteiger partial charge in [0, 0.05) is 55.2 Å². The Morgan fingerprint density at radius 1 is 0.618 bits per heavy atom. The van der Waals surface area contributed by atoms with Crippen LogP contribution in [-0.4, -0.2) is 18.3 Å². The van der Waals surface area contributed by atoms with E-state index >= 15 is 0 Å². The Kier molecular flexibility index (Phi) is 3.72. The van der Waals surface area contributed by atoms with Gasteiger partial charge in [-0.15, -0.1) is 34.0 Å². The summed E-state index contributed by atoms with van der Waals surface area (Å²) in [5.41, 5.74) is 0.399. The van der Waals surface area contributed by atoms with Crippen molar-refractivity contribution >= 4 is 107 Å². The Morgan fingerprint density at radius 2 is 1.21 bits per heavy atom. The van der Waals surface area contributed by atoms with Crippen LogP contribution in [0.1, 0.15) is 27.7 Å². The van der Waals surface area contributed by atoms with Crippen molar-refractivity contribution in [3.05, 3.63) is 54.6 Å². The molecule has 1 aliphatic heterocycles. The second kappa shape index (κ2) is 6.31. The van der Waals surface area contributed by atoms with Crippen LogP contribution in [0.4, 0.5) is 0 Å². The molecule has 166 valence electrons. The lowest BCUT2D eigenvalue weighted by Gasteiger charge is -2.32. The molecular weight excluding hydrogens is 475 g/mol. The Morgan fingerprint density at radius 3 is 1.94 bits per heavy atom. The van der Waals surface area contributed by atoms with Crippen LogP contribution in [0.2, 0.25) is 0 Å². The average molecular weight is 496 g/mol. The maximum absolute atomic E-state index is 6.57. The van der Waals surface area contributed by atoms with E-state index in [0.29, 0.717) is 0 Å². The Hall–Kier alpha value is -2.22. The van der Waals surface area contributed by atoms with E-state index in [1.54, 1.807) is 0 Å². The minimum Gasteiger partial charge on any atom is -0.399 e. The fourth-order valence-electron chi connectivity index (χ4n) is 5.45. The van der Waals surface area contributed by atoms with E-state index in [1.165, 1.54) is 60.5 Å². The van der Waals surface area contributed by atoms with Gasteiger partial charge >= 0.3 is 7.12 Å². The first kappa shape index (κ1) is 20.0. The van der Waals surface area contributed by atoms with E-state index in [9.17, 15) is 0 Å². The summed E-state index contributed by atoms with van der Waals surface area (Å²) in [7, 11) is -0.383. The van der Waals surface area contributed by atoms with Crippen LogP contribution in [0.5, 0.6) is 0 Å². The summed E-state index contributed by atoms with van der Waals surface area (Å²) in [4.78, 5) is 0. The van der Waals surface area contributed by atoms with Crippen LogP contribution in [-0.2, 0) is 9.31 Å². The van der Waals surface area contributed by atoms with E-state index in [-0.39, 0.29) is 18.3 Å². The second-order valence-electron chi connectivity index (χ2n) is 10.4. The molecule has 4 aromatic carbocycles. The zero-order valence-corrected chi connectivity index (χ0v) is 21.8. The van der Waals surface area contributed by atoms with Gasteiger partial charge in [0.05, 0.1) is 11.2 Å². The summed E-state index contributed by atoms with van der Waals surface area (Å²) in [5.74, 6) is 0. The van der Waals surface area contributed by atoms with Crippen molar-refractivity contribution in [2.75, 3.05) is 0 Å². The van der Waals surface area contributed by atoms with Crippen molar-refractivity contribution in [2.45, 2.75) is 38.9 Å². The Balaban J connectivity index is 1.62. The van der Waals surface area contributed by atoms with Crippen LogP contribution in [0.3, 0.4) is 0 Å². The first-order chi connectivity index (χ1) is 16.3. The highest BCUT2D eigenvalue weighted by molar-refractivity contribution is 7.32. The molecule has 0 N–H and O–H groups in total. The van der Waals surface area contributed by atoms with Crippen LogP contribution in [0.25, 0.3) is 60.5 Å². The average Bonchev–Trinajstić information content (AvgIpc) is 3.37. The monoisotopic (exact) mass is 496 g/mol. The molecule has 3 aromatic heterocycles. The van der Waals surface area contributed by atoms with E-state index in [1.807, 2.05) is 34.0 Å². The molecular formula is C28H21BO2S3. The van der Waals surface area contributed by atoms with Gasteiger partial charge in [0.25, 0.3) is 0 Å². The van der Waals surface area contributed by atoms with Crippen LogP contribution in [0.15, 0.2) is 54.6 Å². The molecule has 0 radical (unpaired) electrons. The Bertz CT molecular complexity index is 1920. The number of hydrogen-bond acceptors (Lipinski definition) is 5. The largest absolute Gasteiger partial charge is 0.496 e. The van der Waals surface area contributed by atoms with Gasteiger partial charge < -0.3 is 9.31 Å². The van der Waals surface area contributed by atoms with Crippen LogP contribution >= 0.6 is 34.0 Å². The molecule has 34 heavy (non-hydrogen) atoms. The number of benzene rings is 4. The molecule has 0 spiro atoms. The lowest BCUT2D eigenvalue weighted by atomic mass is 9.78. The molecule has 0 atom stereocenters. The SMILES string of the molecule is CC1(C)OB(c2ccc3sc4ccc5sc6cc7ccccc7c7sc2c3c4c5c67)OC1(C)C. The molecule has 0 saturated carbocycles. The van der Waals surface area contributed by atoms with Crippen molar-refractivity contribution < 1.29 is 9.31 Å². The molecule has 0 amide bonds. The fourth-order valence-corrected chi connectivity index (χ4v) is 9.28. The van der Waals surface area contributed by atoms with Crippen molar-refractivity contribution in [3.8, 4) is 0 Å². The molecule has 4 heterocycles. The van der Waals surface area contributed by atoms with Gasteiger partial charge in [0.2, 0.25) is 0 Å². The van der Waals surface area contributed by atoms with Gasteiger partial charge in [-0.2, -0.15) is 0 Å². The summed E-state index contributed by atoms with van der Waals surface area (Å²) in [6.07, 6.45) is 0. The maximum atomic E-state index is 6.57. The van der Waals surface area contributed by atoms with E-state index in [2.05, 4.69) is 82.3 Å². The second-order valence-corrected chi connectivity index (χ2v) is 13.6. The Labute approximate surface area is 209 Å². The summed E-state index contributed by atoms with van der Waals surface area (Å²) in [5, 5.41) is 8.21. The zero-order valence-electron chi connectivity index (χ0n) is 19.3. The molecule has 0 bridgehead atoms. The highest BCUT2D eigenvalue weighted by Crippen LogP contribution is 2.51. The topological polar surface area (TPSA) is 18.5 Å². The van der Waals surface area contributed by atoms with Crippen LogP contribution in [0, 0.1) is 0 Å². The predicted octanol–water partition coefficient (Wildman–Crippen LogP) is 8.53. The molecule has 1 aliphatic rings.